The molecule has 1 atom stereocenters. The normalized spacial score (nSPS) is 12.6. The zero-order valence-corrected chi connectivity index (χ0v) is 10.6. The molecule has 2 heterocycles. The highest BCUT2D eigenvalue weighted by molar-refractivity contribution is 6.31. The number of rotatable bonds is 4. The fourth-order valence-corrected chi connectivity index (χ4v) is 2.18. The quantitative estimate of drug-likeness (QED) is 0.905. The molecule has 0 saturated carbocycles. The van der Waals surface area contributed by atoms with E-state index in [2.05, 4.69) is 15.4 Å². The van der Waals surface area contributed by atoms with Crippen LogP contribution >= 0.6 is 11.6 Å². The first-order chi connectivity index (χ1) is 8.27. The molecule has 0 amide bonds. The molecule has 0 radical (unpaired) electrons. The number of pyridine rings is 1. The average Bonchev–Trinajstić information content (AvgIpc) is 2.74. The van der Waals surface area contributed by atoms with Gasteiger partial charge in [0.1, 0.15) is 0 Å². The Morgan fingerprint density at radius 1 is 1.41 bits per heavy atom. The summed E-state index contributed by atoms with van der Waals surface area (Å²) >= 11 is 6.21. The summed E-state index contributed by atoms with van der Waals surface area (Å²) in [5.74, 6) is 0. The molecule has 0 saturated heterocycles. The Morgan fingerprint density at radius 3 is 2.71 bits per heavy atom. The van der Waals surface area contributed by atoms with Crippen molar-refractivity contribution < 1.29 is 0 Å². The second-order valence-electron chi connectivity index (χ2n) is 3.70. The third kappa shape index (κ3) is 2.33. The summed E-state index contributed by atoms with van der Waals surface area (Å²) in [6.45, 7) is 2.84. The zero-order chi connectivity index (χ0) is 12.3. The van der Waals surface area contributed by atoms with Gasteiger partial charge in [0, 0.05) is 18.9 Å². The molecule has 2 rings (SSSR count). The van der Waals surface area contributed by atoms with Crippen molar-refractivity contribution in [2.75, 3.05) is 7.05 Å². The van der Waals surface area contributed by atoms with E-state index in [9.17, 15) is 0 Å². The number of aryl methyl sites for hydroxylation is 1. The summed E-state index contributed by atoms with van der Waals surface area (Å²) < 4.78 is 1.91. The van der Waals surface area contributed by atoms with Crippen LogP contribution in [0.2, 0.25) is 5.02 Å². The number of halogens is 1. The van der Waals surface area contributed by atoms with Gasteiger partial charge in [0.15, 0.2) is 0 Å². The molecule has 1 unspecified atom stereocenters. The SMILES string of the molecule is CCn1ncc(Cl)c1C(NC)c1ccncc1. The lowest BCUT2D eigenvalue weighted by Crippen LogP contribution is -2.21. The van der Waals surface area contributed by atoms with Crippen molar-refractivity contribution in [2.45, 2.75) is 19.5 Å². The first-order valence-electron chi connectivity index (χ1n) is 5.56. The Bertz CT molecular complexity index is 481. The first kappa shape index (κ1) is 12.1. The van der Waals surface area contributed by atoms with E-state index >= 15 is 0 Å². The van der Waals surface area contributed by atoms with E-state index in [1.54, 1.807) is 18.6 Å². The second kappa shape index (κ2) is 5.29. The van der Waals surface area contributed by atoms with Crippen molar-refractivity contribution >= 4 is 11.6 Å². The molecule has 4 nitrogen and oxygen atoms in total. The molecule has 2 aromatic rings. The van der Waals surface area contributed by atoms with Crippen LogP contribution in [0.15, 0.2) is 30.7 Å². The number of aromatic nitrogens is 3. The molecule has 0 spiro atoms. The molecule has 2 aromatic heterocycles. The highest BCUT2D eigenvalue weighted by atomic mass is 35.5. The van der Waals surface area contributed by atoms with Gasteiger partial charge in [-0.1, -0.05) is 11.6 Å². The van der Waals surface area contributed by atoms with Crippen molar-refractivity contribution in [3.63, 3.8) is 0 Å². The van der Waals surface area contributed by atoms with Crippen LogP contribution in [-0.4, -0.2) is 21.8 Å². The summed E-state index contributed by atoms with van der Waals surface area (Å²) in [5, 5.41) is 8.20. The Morgan fingerprint density at radius 2 is 2.12 bits per heavy atom. The Kier molecular flexibility index (Phi) is 3.76. The molecule has 0 aliphatic carbocycles. The van der Waals surface area contributed by atoms with Gasteiger partial charge < -0.3 is 5.32 Å². The number of hydrogen-bond acceptors (Lipinski definition) is 3. The highest BCUT2D eigenvalue weighted by Gasteiger charge is 2.19. The maximum atomic E-state index is 6.21. The fraction of sp³-hybridized carbons (Fsp3) is 0.333. The molecule has 1 N–H and O–H groups in total. The molecule has 0 aliphatic rings. The largest absolute Gasteiger partial charge is 0.308 e. The van der Waals surface area contributed by atoms with Gasteiger partial charge in [-0.25, -0.2) is 0 Å². The van der Waals surface area contributed by atoms with Gasteiger partial charge in [-0.3, -0.25) is 9.67 Å². The number of nitrogens with one attached hydrogen (secondary N) is 1. The Balaban J connectivity index is 2.45. The third-order valence-electron chi connectivity index (χ3n) is 2.73. The van der Waals surface area contributed by atoms with Crippen molar-refractivity contribution in [2.24, 2.45) is 0 Å². The van der Waals surface area contributed by atoms with Gasteiger partial charge in [0.25, 0.3) is 0 Å². The predicted octanol–water partition coefficient (Wildman–Crippen LogP) is 2.26. The van der Waals surface area contributed by atoms with E-state index in [4.69, 9.17) is 11.6 Å². The highest BCUT2D eigenvalue weighted by Crippen LogP contribution is 2.27. The summed E-state index contributed by atoms with van der Waals surface area (Å²) in [5.41, 5.74) is 2.11. The number of nitrogens with zero attached hydrogens (tertiary/aromatic N) is 3. The minimum atomic E-state index is 0.0351. The van der Waals surface area contributed by atoms with E-state index in [1.165, 1.54) is 0 Å². The van der Waals surface area contributed by atoms with Gasteiger partial charge >= 0.3 is 0 Å². The lowest BCUT2D eigenvalue weighted by atomic mass is 10.1. The molecule has 0 aromatic carbocycles. The molecular formula is C12H15ClN4. The standard InChI is InChI=1S/C12H15ClN4/c1-3-17-12(10(13)8-16-17)11(14-2)9-4-6-15-7-5-9/h4-8,11,14H,3H2,1-2H3. The van der Waals surface area contributed by atoms with E-state index in [-0.39, 0.29) is 6.04 Å². The van der Waals surface area contributed by atoms with Crippen LogP contribution in [0.1, 0.15) is 24.2 Å². The fourth-order valence-electron chi connectivity index (χ4n) is 1.93. The minimum absolute atomic E-state index is 0.0351. The van der Waals surface area contributed by atoms with E-state index in [1.807, 2.05) is 30.8 Å². The zero-order valence-electron chi connectivity index (χ0n) is 9.89. The van der Waals surface area contributed by atoms with Crippen LogP contribution in [-0.2, 0) is 6.54 Å². The molecule has 90 valence electrons. The number of hydrogen-bond donors (Lipinski definition) is 1. The predicted molar refractivity (Wildman–Crippen MR) is 68.1 cm³/mol. The van der Waals surface area contributed by atoms with E-state index < -0.39 is 0 Å². The van der Waals surface area contributed by atoms with Crippen LogP contribution in [0, 0.1) is 0 Å². The summed E-state index contributed by atoms with van der Waals surface area (Å²) in [6.07, 6.45) is 5.24. The smallest absolute Gasteiger partial charge is 0.0837 e. The first-order valence-corrected chi connectivity index (χ1v) is 5.94. The molecule has 0 fully saturated rings. The van der Waals surface area contributed by atoms with Crippen LogP contribution in [0.5, 0.6) is 0 Å². The van der Waals surface area contributed by atoms with Crippen LogP contribution in [0.3, 0.4) is 0 Å². The van der Waals surface area contributed by atoms with Crippen LogP contribution < -0.4 is 5.32 Å². The monoisotopic (exact) mass is 250 g/mol. The van der Waals surface area contributed by atoms with Crippen LogP contribution in [0.25, 0.3) is 0 Å². The van der Waals surface area contributed by atoms with Crippen molar-refractivity contribution in [3.05, 3.63) is 47.0 Å². The Hall–Kier alpha value is -1.39. The third-order valence-corrected chi connectivity index (χ3v) is 3.03. The average molecular weight is 251 g/mol. The van der Waals surface area contributed by atoms with Gasteiger partial charge in [-0.2, -0.15) is 5.10 Å². The van der Waals surface area contributed by atoms with Crippen molar-refractivity contribution in [1.82, 2.24) is 20.1 Å². The maximum Gasteiger partial charge on any atom is 0.0837 e. The van der Waals surface area contributed by atoms with Gasteiger partial charge in [-0.15, -0.1) is 0 Å². The summed E-state index contributed by atoms with van der Waals surface area (Å²) in [7, 11) is 1.91. The summed E-state index contributed by atoms with van der Waals surface area (Å²) in [6, 6.07) is 3.99. The Labute approximate surface area is 106 Å². The molecule has 5 heteroatoms. The molecule has 17 heavy (non-hydrogen) atoms. The van der Waals surface area contributed by atoms with Gasteiger partial charge in [0.05, 0.1) is 23.0 Å². The lowest BCUT2D eigenvalue weighted by Gasteiger charge is -2.18. The lowest BCUT2D eigenvalue weighted by molar-refractivity contribution is 0.563. The molecule has 0 bridgehead atoms. The molecule has 0 aliphatic heterocycles. The molecular weight excluding hydrogens is 236 g/mol. The topological polar surface area (TPSA) is 42.7 Å². The minimum Gasteiger partial charge on any atom is -0.308 e. The van der Waals surface area contributed by atoms with Crippen molar-refractivity contribution in [1.29, 1.82) is 0 Å². The van der Waals surface area contributed by atoms with Gasteiger partial charge in [0.2, 0.25) is 0 Å². The van der Waals surface area contributed by atoms with Crippen molar-refractivity contribution in [3.8, 4) is 0 Å². The maximum absolute atomic E-state index is 6.21. The van der Waals surface area contributed by atoms with Crippen LogP contribution in [0.4, 0.5) is 0 Å². The second-order valence-corrected chi connectivity index (χ2v) is 4.10. The van der Waals surface area contributed by atoms with E-state index in [0.717, 1.165) is 17.8 Å². The summed E-state index contributed by atoms with van der Waals surface area (Å²) in [4.78, 5) is 4.03. The van der Waals surface area contributed by atoms with E-state index in [0.29, 0.717) is 5.02 Å². The van der Waals surface area contributed by atoms with Gasteiger partial charge in [-0.05, 0) is 31.7 Å².